The first kappa shape index (κ1) is 14.9. The van der Waals surface area contributed by atoms with Crippen LogP contribution in [0.2, 0.25) is 0 Å². The second kappa shape index (κ2) is 8.06. The molecule has 1 saturated carbocycles. The Balaban J connectivity index is 2.18. The van der Waals surface area contributed by atoms with Crippen molar-refractivity contribution in [1.82, 2.24) is 5.32 Å². The zero-order valence-electron chi connectivity index (χ0n) is 11.9. The Morgan fingerprint density at radius 3 is 2.65 bits per heavy atom. The molecule has 1 fully saturated rings. The summed E-state index contributed by atoms with van der Waals surface area (Å²) in [5, 5.41) is 3.51. The molecule has 1 rings (SSSR count). The van der Waals surface area contributed by atoms with Crippen LogP contribution in [-0.4, -0.2) is 38.5 Å². The third-order valence-corrected chi connectivity index (χ3v) is 3.55. The summed E-state index contributed by atoms with van der Waals surface area (Å²) in [6, 6.07) is 0.492. The van der Waals surface area contributed by atoms with Crippen molar-refractivity contribution in [3.8, 4) is 0 Å². The molecule has 0 saturated heterocycles. The van der Waals surface area contributed by atoms with Crippen LogP contribution in [0.5, 0.6) is 0 Å². The van der Waals surface area contributed by atoms with Crippen LogP contribution in [-0.2, 0) is 9.47 Å². The van der Waals surface area contributed by atoms with Crippen LogP contribution in [0.4, 0.5) is 0 Å². The minimum Gasteiger partial charge on any atom is -0.377 e. The monoisotopic (exact) mass is 243 g/mol. The van der Waals surface area contributed by atoms with Crippen molar-refractivity contribution in [2.45, 2.75) is 64.7 Å². The van der Waals surface area contributed by atoms with Crippen LogP contribution < -0.4 is 5.32 Å². The summed E-state index contributed by atoms with van der Waals surface area (Å²) in [4.78, 5) is 0. The number of rotatable bonds is 9. The lowest BCUT2D eigenvalue weighted by molar-refractivity contribution is -0.139. The van der Waals surface area contributed by atoms with E-state index >= 15 is 0 Å². The normalized spacial score (nSPS) is 30.0. The molecule has 102 valence electrons. The van der Waals surface area contributed by atoms with Crippen molar-refractivity contribution in [1.29, 1.82) is 0 Å². The molecular weight excluding hydrogens is 214 g/mol. The van der Waals surface area contributed by atoms with Gasteiger partial charge in [0.2, 0.25) is 0 Å². The largest absolute Gasteiger partial charge is 0.377 e. The standard InChI is InChI=1S/C14H29NO2/c1-5-7-11(3)10-17-13-9-12(14(13)16-4)15-8-6-2/h11-15H,5-10H2,1-4H3. The summed E-state index contributed by atoms with van der Waals surface area (Å²) in [7, 11) is 1.79. The van der Waals surface area contributed by atoms with Gasteiger partial charge in [-0.25, -0.2) is 0 Å². The Hall–Kier alpha value is -0.120. The van der Waals surface area contributed by atoms with E-state index < -0.39 is 0 Å². The molecule has 0 heterocycles. The molecule has 17 heavy (non-hydrogen) atoms. The number of hydrogen-bond acceptors (Lipinski definition) is 3. The molecule has 0 aliphatic heterocycles. The van der Waals surface area contributed by atoms with Crippen LogP contribution in [0.1, 0.15) is 46.5 Å². The second-order valence-electron chi connectivity index (χ2n) is 5.26. The molecule has 3 heteroatoms. The molecule has 0 aromatic carbocycles. The van der Waals surface area contributed by atoms with E-state index in [1.807, 2.05) is 0 Å². The summed E-state index contributed by atoms with van der Waals surface area (Å²) in [5.41, 5.74) is 0. The molecule has 3 nitrogen and oxygen atoms in total. The van der Waals surface area contributed by atoms with Gasteiger partial charge in [0, 0.05) is 19.8 Å². The van der Waals surface area contributed by atoms with E-state index in [9.17, 15) is 0 Å². The van der Waals surface area contributed by atoms with Crippen molar-refractivity contribution in [2.75, 3.05) is 20.3 Å². The van der Waals surface area contributed by atoms with E-state index in [1.54, 1.807) is 7.11 Å². The Bertz CT molecular complexity index is 199. The fourth-order valence-electron chi connectivity index (χ4n) is 2.45. The highest BCUT2D eigenvalue weighted by molar-refractivity contribution is 4.97. The van der Waals surface area contributed by atoms with Gasteiger partial charge in [-0.15, -0.1) is 0 Å². The average molecular weight is 243 g/mol. The van der Waals surface area contributed by atoms with E-state index in [4.69, 9.17) is 9.47 Å². The Morgan fingerprint density at radius 2 is 2.06 bits per heavy atom. The third-order valence-electron chi connectivity index (χ3n) is 3.55. The van der Waals surface area contributed by atoms with Crippen LogP contribution in [0.3, 0.4) is 0 Å². The van der Waals surface area contributed by atoms with Crippen molar-refractivity contribution < 1.29 is 9.47 Å². The number of hydrogen-bond donors (Lipinski definition) is 1. The maximum Gasteiger partial charge on any atom is 0.0986 e. The highest BCUT2D eigenvalue weighted by Crippen LogP contribution is 2.27. The molecule has 4 unspecified atom stereocenters. The third kappa shape index (κ3) is 4.57. The van der Waals surface area contributed by atoms with Gasteiger partial charge in [-0.05, 0) is 31.7 Å². The van der Waals surface area contributed by atoms with Gasteiger partial charge < -0.3 is 14.8 Å². The van der Waals surface area contributed by atoms with E-state index in [-0.39, 0.29) is 6.10 Å². The molecule has 1 aliphatic carbocycles. The molecule has 0 aromatic heterocycles. The highest BCUT2D eigenvalue weighted by Gasteiger charge is 2.41. The molecular formula is C14H29NO2. The first-order valence-corrected chi connectivity index (χ1v) is 7.10. The summed E-state index contributed by atoms with van der Waals surface area (Å²) in [6.07, 6.45) is 5.30. The summed E-state index contributed by atoms with van der Waals surface area (Å²) in [5.74, 6) is 0.667. The minimum atomic E-state index is 0.246. The zero-order valence-corrected chi connectivity index (χ0v) is 11.9. The fraction of sp³-hybridized carbons (Fsp3) is 1.00. The summed E-state index contributed by atoms with van der Waals surface area (Å²) in [6.45, 7) is 8.62. The molecule has 0 bridgehead atoms. The van der Waals surface area contributed by atoms with Crippen LogP contribution in [0.15, 0.2) is 0 Å². The van der Waals surface area contributed by atoms with Crippen LogP contribution in [0.25, 0.3) is 0 Å². The van der Waals surface area contributed by atoms with E-state index in [2.05, 4.69) is 26.1 Å². The Morgan fingerprint density at radius 1 is 1.29 bits per heavy atom. The van der Waals surface area contributed by atoms with Gasteiger partial charge >= 0.3 is 0 Å². The Kier molecular flexibility index (Phi) is 7.09. The number of nitrogens with one attached hydrogen (secondary N) is 1. The van der Waals surface area contributed by atoms with Crippen molar-refractivity contribution in [3.05, 3.63) is 0 Å². The van der Waals surface area contributed by atoms with Gasteiger partial charge in [-0.3, -0.25) is 0 Å². The van der Waals surface area contributed by atoms with Gasteiger partial charge in [-0.2, -0.15) is 0 Å². The first-order valence-electron chi connectivity index (χ1n) is 7.10. The molecule has 4 atom stereocenters. The average Bonchev–Trinajstić information content (AvgIpc) is 2.28. The quantitative estimate of drug-likeness (QED) is 0.675. The van der Waals surface area contributed by atoms with Crippen molar-refractivity contribution in [2.24, 2.45) is 5.92 Å². The fourth-order valence-corrected chi connectivity index (χ4v) is 2.45. The van der Waals surface area contributed by atoms with E-state index in [0.29, 0.717) is 18.1 Å². The molecule has 0 amide bonds. The van der Waals surface area contributed by atoms with E-state index in [0.717, 1.165) is 19.6 Å². The van der Waals surface area contributed by atoms with Crippen LogP contribution in [0, 0.1) is 5.92 Å². The SMILES string of the molecule is CCCNC1CC(OCC(C)CCC)C1OC. The molecule has 0 spiro atoms. The molecule has 1 aliphatic rings. The van der Waals surface area contributed by atoms with Crippen LogP contribution >= 0.6 is 0 Å². The lowest BCUT2D eigenvalue weighted by Crippen LogP contribution is -2.60. The minimum absolute atomic E-state index is 0.246. The lowest BCUT2D eigenvalue weighted by Gasteiger charge is -2.44. The smallest absolute Gasteiger partial charge is 0.0986 e. The van der Waals surface area contributed by atoms with Gasteiger partial charge in [0.25, 0.3) is 0 Å². The second-order valence-corrected chi connectivity index (χ2v) is 5.26. The van der Waals surface area contributed by atoms with Gasteiger partial charge in [0.15, 0.2) is 0 Å². The lowest BCUT2D eigenvalue weighted by atomic mass is 9.85. The van der Waals surface area contributed by atoms with Gasteiger partial charge in [0.05, 0.1) is 12.2 Å². The number of methoxy groups -OCH3 is 1. The zero-order chi connectivity index (χ0) is 12.7. The predicted molar refractivity (Wildman–Crippen MR) is 71.3 cm³/mol. The Labute approximate surface area is 106 Å². The topological polar surface area (TPSA) is 30.5 Å². The molecule has 0 radical (unpaired) electrons. The van der Waals surface area contributed by atoms with Crippen molar-refractivity contribution >= 4 is 0 Å². The predicted octanol–water partition coefficient (Wildman–Crippen LogP) is 2.59. The van der Waals surface area contributed by atoms with Gasteiger partial charge in [-0.1, -0.05) is 27.2 Å². The first-order chi connectivity index (χ1) is 8.22. The summed E-state index contributed by atoms with van der Waals surface area (Å²) < 4.78 is 11.5. The maximum absolute atomic E-state index is 5.94. The van der Waals surface area contributed by atoms with Gasteiger partial charge in [0.1, 0.15) is 0 Å². The number of ether oxygens (including phenoxy) is 2. The van der Waals surface area contributed by atoms with Crippen molar-refractivity contribution in [3.63, 3.8) is 0 Å². The highest BCUT2D eigenvalue weighted by atomic mass is 16.5. The van der Waals surface area contributed by atoms with E-state index in [1.165, 1.54) is 19.3 Å². The summed E-state index contributed by atoms with van der Waals surface area (Å²) >= 11 is 0. The molecule has 0 aromatic rings. The maximum atomic E-state index is 5.94. The molecule has 1 N–H and O–H groups in total.